The van der Waals surface area contributed by atoms with Crippen molar-refractivity contribution in [2.75, 3.05) is 0 Å². The number of benzene rings is 1. The number of carbonyl (C=O) groups is 1. The van der Waals surface area contributed by atoms with Crippen LogP contribution in [0.4, 0.5) is 0 Å². The van der Waals surface area contributed by atoms with E-state index in [1.165, 1.54) is 0 Å². The van der Waals surface area contributed by atoms with Crippen LogP contribution < -0.4 is 0 Å². The van der Waals surface area contributed by atoms with Gasteiger partial charge in [-0.25, -0.2) is 0 Å². The van der Waals surface area contributed by atoms with Gasteiger partial charge in [-0.3, -0.25) is 9.78 Å². The third kappa shape index (κ3) is 3.41. The van der Waals surface area contributed by atoms with Crippen LogP contribution in [0.5, 0.6) is 0 Å². The van der Waals surface area contributed by atoms with E-state index in [2.05, 4.69) is 20.9 Å². The molecule has 1 aromatic carbocycles. The largest absolute Gasteiger partial charge is 0.481 e. The maximum atomic E-state index is 11.5. The molecule has 0 amide bonds. The Morgan fingerprint density at radius 1 is 1.26 bits per heavy atom. The summed E-state index contributed by atoms with van der Waals surface area (Å²) in [5.74, 6) is -1.48. The molecule has 0 saturated heterocycles. The van der Waals surface area contributed by atoms with Crippen molar-refractivity contribution in [3.05, 3.63) is 63.9 Å². The average Bonchev–Trinajstić information content (AvgIpc) is 2.37. The molecule has 2 aromatic rings. The van der Waals surface area contributed by atoms with E-state index in [0.717, 1.165) is 15.7 Å². The van der Waals surface area contributed by atoms with Crippen LogP contribution in [0.2, 0.25) is 0 Å². The Kier molecular flexibility index (Phi) is 4.32. The number of aromatic nitrogens is 1. The van der Waals surface area contributed by atoms with Crippen molar-refractivity contribution in [1.29, 1.82) is 0 Å². The van der Waals surface area contributed by atoms with E-state index in [4.69, 9.17) is 0 Å². The molecule has 4 heteroatoms. The fourth-order valence-corrected chi connectivity index (χ4v) is 2.41. The highest BCUT2D eigenvalue weighted by atomic mass is 79.9. The minimum atomic E-state index is -0.853. The van der Waals surface area contributed by atoms with Crippen LogP contribution in [-0.4, -0.2) is 16.1 Å². The molecule has 0 saturated carbocycles. The molecule has 0 bridgehead atoms. The summed E-state index contributed by atoms with van der Waals surface area (Å²) in [6.45, 7) is 1.86. The number of aryl methyl sites for hydroxylation is 1. The molecule has 0 radical (unpaired) electrons. The Bertz CT molecular complexity index is 598. The number of hydrogen-bond donors (Lipinski definition) is 1. The summed E-state index contributed by atoms with van der Waals surface area (Å²) in [4.78, 5) is 15.8. The Morgan fingerprint density at radius 2 is 2.00 bits per heavy atom. The molecule has 1 atom stereocenters. The van der Waals surface area contributed by atoms with E-state index >= 15 is 0 Å². The molecule has 0 aliphatic rings. The Hall–Kier alpha value is -1.68. The normalized spacial score (nSPS) is 12.1. The molecule has 98 valence electrons. The lowest BCUT2D eigenvalue weighted by molar-refractivity contribution is -0.138. The number of aliphatic carboxylic acids is 1. The highest BCUT2D eigenvalue weighted by Crippen LogP contribution is 2.25. The molecule has 3 nitrogen and oxygen atoms in total. The first-order chi connectivity index (χ1) is 9.08. The lowest BCUT2D eigenvalue weighted by atomic mass is 9.95. The standard InChI is InChI=1S/C15H14BrNO2/c1-10-5-4-8-14(17-10)12(15(18)19)9-11-6-2-3-7-13(11)16/h2-8,12H,9H2,1H3,(H,18,19). The van der Waals surface area contributed by atoms with E-state index in [-0.39, 0.29) is 0 Å². The summed E-state index contributed by atoms with van der Waals surface area (Å²) >= 11 is 3.45. The molecule has 19 heavy (non-hydrogen) atoms. The van der Waals surface area contributed by atoms with Crippen LogP contribution in [0.1, 0.15) is 22.9 Å². The fourth-order valence-electron chi connectivity index (χ4n) is 1.96. The van der Waals surface area contributed by atoms with Gasteiger partial charge in [0.05, 0.1) is 5.69 Å². The number of pyridine rings is 1. The number of nitrogens with zero attached hydrogens (tertiary/aromatic N) is 1. The molecule has 1 heterocycles. The van der Waals surface area contributed by atoms with Crippen LogP contribution in [0.25, 0.3) is 0 Å². The van der Waals surface area contributed by atoms with Gasteiger partial charge in [0, 0.05) is 10.2 Å². The van der Waals surface area contributed by atoms with Gasteiger partial charge in [-0.1, -0.05) is 40.2 Å². The molecule has 0 aliphatic heterocycles. The SMILES string of the molecule is Cc1cccc(C(Cc2ccccc2Br)C(=O)O)n1. The zero-order valence-electron chi connectivity index (χ0n) is 10.5. The molecule has 1 aromatic heterocycles. The Labute approximate surface area is 120 Å². The van der Waals surface area contributed by atoms with Gasteiger partial charge >= 0.3 is 5.97 Å². The molecule has 2 rings (SSSR count). The lowest BCUT2D eigenvalue weighted by Gasteiger charge is -2.13. The molecule has 1 unspecified atom stereocenters. The molecule has 0 aliphatic carbocycles. The molecule has 1 N–H and O–H groups in total. The van der Waals surface area contributed by atoms with Crippen molar-refractivity contribution in [2.45, 2.75) is 19.3 Å². The van der Waals surface area contributed by atoms with Crippen molar-refractivity contribution in [3.63, 3.8) is 0 Å². The van der Waals surface area contributed by atoms with Crippen molar-refractivity contribution in [1.82, 2.24) is 4.98 Å². The van der Waals surface area contributed by atoms with E-state index in [1.54, 1.807) is 6.07 Å². The molecular formula is C15H14BrNO2. The maximum Gasteiger partial charge on any atom is 0.312 e. The number of halogens is 1. The van der Waals surface area contributed by atoms with Gasteiger partial charge in [-0.05, 0) is 37.1 Å². The first kappa shape index (κ1) is 13.7. The van der Waals surface area contributed by atoms with Gasteiger partial charge in [-0.2, -0.15) is 0 Å². The van der Waals surface area contributed by atoms with Crippen LogP contribution in [0, 0.1) is 6.92 Å². The van der Waals surface area contributed by atoms with Gasteiger partial charge in [0.2, 0.25) is 0 Å². The Balaban J connectivity index is 2.32. The third-order valence-electron chi connectivity index (χ3n) is 2.95. The summed E-state index contributed by atoms with van der Waals surface area (Å²) in [5.41, 5.74) is 2.40. The van der Waals surface area contributed by atoms with Crippen LogP contribution in [0.3, 0.4) is 0 Å². The average molecular weight is 320 g/mol. The van der Waals surface area contributed by atoms with Crippen molar-refractivity contribution in [3.8, 4) is 0 Å². The highest BCUT2D eigenvalue weighted by molar-refractivity contribution is 9.10. The van der Waals surface area contributed by atoms with Gasteiger partial charge in [0.1, 0.15) is 5.92 Å². The topological polar surface area (TPSA) is 50.2 Å². The number of rotatable bonds is 4. The fraction of sp³-hybridized carbons (Fsp3) is 0.200. The number of carboxylic acids is 1. The third-order valence-corrected chi connectivity index (χ3v) is 3.72. The van der Waals surface area contributed by atoms with E-state index in [9.17, 15) is 9.90 Å². The summed E-state index contributed by atoms with van der Waals surface area (Å²) in [5, 5.41) is 9.41. The summed E-state index contributed by atoms with van der Waals surface area (Å²) in [7, 11) is 0. The van der Waals surface area contributed by atoms with Crippen LogP contribution >= 0.6 is 15.9 Å². The smallest absolute Gasteiger partial charge is 0.312 e. The van der Waals surface area contributed by atoms with Gasteiger partial charge in [0.15, 0.2) is 0 Å². The summed E-state index contributed by atoms with van der Waals surface area (Å²) in [6.07, 6.45) is 0.424. The minimum absolute atomic E-state index is 0.424. The zero-order chi connectivity index (χ0) is 13.8. The zero-order valence-corrected chi connectivity index (χ0v) is 12.1. The van der Waals surface area contributed by atoms with E-state index in [1.807, 2.05) is 43.3 Å². The predicted molar refractivity (Wildman–Crippen MR) is 77.2 cm³/mol. The predicted octanol–water partition coefficient (Wildman–Crippen LogP) is 3.56. The molecule has 0 spiro atoms. The number of hydrogen-bond acceptors (Lipinski definition) is 2. The monoisotopic (exact) mass is 319 g/mol. The van der Waals surface area contributed by atoms with Gasteiger partial charge in [0.25, 0.3) is 0 Å². The second kappa shape index (κ2) is 5.97. The number of carboxylic acid groups (broad SMARTS) is 1. The van der Waals surface area contributed by atoms with Gasteiger partial charge < -0.3 is 5.11 Å². The van der Waals surface area contributed by atoms with E-state index in [0.29, 0.717) is 12.1 Å². The lowest BCUT2D eigenvalue weighted by Crippen LogP contribution is -2.16. The molecular weight excluding hydrogens is 306 g/mol. The first-order valence-electron chi connectivity index (χ1n) is 5.97. The van der Waals surface area contributed by atoms with Crippen molar-refractivity contribution >= 4 is 21.9 Å². The highest BCUT2D eigenvalue weighted by Gasteiger charge is 2.22. The van der Waals surface area contributed by atoms with Crippen LogP contribution in [-0.2, 0) is 11.2 Å². The maximum absolute atomic E-state index is 11.5. The van der Waals surface area contributed by atoms with Crippen LogP contribution in [0.15, 0.2) is 46.9 Å². The second-order valence-electron chi connectivity index (χ2n) is 4.39. The van der Waals surface area contributed by atoms with Crippen molar-refractivity contribution < 1.29 is 9.90 Å². The minimum Gasteiger partial charge on any atom is -0.481 e. The first-order valence-corrected chi connectivity index (χ1v) is 6.77. The summed E-state index contributed by atoms with van der Waals surface area (Å²) in [6, 6.07) is 13.1. The quantitative estimate of drug-likeness (QED) is 0.937. The van der Waals surface area contributed by atoms with E-state index < -0.39 is 11.9 Å². The molecule has 0 fully saturated rings. The van der Waals surface area contributed by atoms with Gasteiger partial charge in [-0.15, -0.1) is 0 Å². The second-order valence-corrected chi connectivity index (χ2v) is 5.24. The van der Waals surface area contributed by atoms with Crippen molar-refractivity contribution in [2.24, 2.45) is 0 Å². The summed E-state index contributed by atoms with van der Waals surface area (Å²) < 4.78 is 0.925. The Morgan fingerprint density at radius 3 is 2.63 bits per heavy atom.